The Bertz CT molecular complexity index is 517. The Kier molecular flexibility index (Phi) is 4.15. The van der Waals surface area contributed by atoms with Crippen LogP contribution in [0.25, 0.3) is 0 Å². The van der Waals surface area contributed by atoms with Gasteiger partial charge >= 0.3 is 0 Å². The Labute approximate surface area is 114 Å². The lowest BCUT2D eigenvalue weighted by Gasteiger charge is -2.07. The summed E-state index contributed by atoms with van der Waals surface area (Å²) in [5.41, 5.74) is 1.92. The fourth-order valence-corrected chi connectivity index (χ4v) is 2.29. The van der Waals surface area contributed by atoms with Crippen LogP contribution in [0.4, 0.5) is 5.69 Å². The molecule has 1 N–H and O–H groups in total. The molecular formula is C13H14BrN3O. The number of nitrogens with one attached hydrogen (secondary N) is 1. The van der Waals surface area contributed by atoms with Crippen LogP contribution in [0.5, 0.6) is 0 Å². The Balaban J connectivity index is 1.90. The standard InChI is InChI=1S/C13H14BrN3O/c1-10-7-11(14)9-12(8-10)16-13(18)3-6-17-5-2-4-15-17/h2,4-5,7-9H,3,6H2,1H3,(H,16,18). The van der Waals surface area contributed by atoms with Gasteiger partial charge in [0.1, 0.15) is 0 Å². The normalized spacial score (nSPS) is 10.3. The van der Waals surface area contributed by atoms with E-state index in [0.717, 1.165) is 15.7 Å². The molecule has 0 unspecified atom stereocenters. The zero-order valence-electron chi connectivity index (χ0n) is 10.1. The molecule has 0 spiro atoms. The van der Waals surface area contributed by atoms with Crippen LogP contribution in [0.15, 0.2) is 41.1 Å². The lowest BCUT2D eigenvalue weighted by atomic mass is 10.2. The Morgan fingerprint density at radius 3 is 2.94 bits per heavy atom. The van der Waals surface area contributed by atoms with Gasteiger partial charge in [0.2, 0.25) is 5.91 Å². The predicted molar refractivity (Wildman–Crippen MR) is 74.4 cm³/mol. The maximum absolute atomic E-state index is 11.8. The van der Waals surface area contributed by atoms with Crippen molar-refractivity contribution >= 4 is 27.5 Å². The highest BCUT2D eigenvalue weighted by Gasteiger charge is 2.04. The van der Waals surface area contributed by atoms with Crippen molar-refractivity contribution in [2.45, 2.75) is 19.9 Å². The number of hydrogen-bond donors (Lipinski definition) is 1. The van der Waals surface area contributed by atoms with Crippen molar-refractivity contribution in [3.05, 3.63) is 46.7 Å². The lowest BCUT2D eigenvalue weighted by molar-refractivity contribution is -0.116. The molecule has 0 fully saturated rings. The van der Waals surface area contributed by atoms with E-state index in [9.17, 15) is 4.79 Å². The van der Waals surface area contributed by atoms with Crippen molar-refractivity contribution in [3.8, 4) is 0 Å². The first kappa shape index (κ1) is 12.8. The van der Waals surface area contributed by atoms with Gasteiger partial charge in [0.25, 0.3) is 0 Å². The molecule has 0 saturated heterocycles. The van der Waals surface area contributed by atoms with Crippen LogP contribution in [-0.2, 0) is 11.3 Å². The smallest absolute Gasteiger partial charge is 0.226 e. The molecule has 0 saturated carbocycles. The number of carbonyl (C=O) groups is 1. The number of benzene rings is 1. The van der Waals surface area contributed by atoms with Gasteiger partial charge < -0.3 is 5.32 Å². The summed E-state index contributed by atoms with van der Waals surface area (Å²) in [7, 11) is 0. The Hall–Kier alpha value is -1.62. The highest BCUT2D eigenvalue weighted by Crippen LogP contribution is 2.19. The molecule has 0 bridgehead atoms. The van der Waals surface area contributed by atoms with Gasteiger partial charge in [0.15, 0.2) is 0 Å². The monoisotopic (exact) mass is 307 g/mol. The molecule has 5 heteroatoms. The van der Waals surface area contributed by atoms with E-state index in [4.69, 9.17) is 0 Å². The average Bonchev–Trinajstić information content (AvgIpc) is 2.77. The van der Waals surface area contributed by atoms with Crippen LogP contribution in [0, 0.1) is 6.92 Å². The van der Waals surface area contributed by atoms with Gasteiger partial charge in [-0.1, -0.05) is 15.9 Å². The summed E-state index contributed by atoms with van der Waals surface area (Å²) in [6.45, 7) is 2.58. The van der Waals surface area contributed by atoms with Crippen LogP contribution in [0.1, 0.15) is 12.0 Å². The molecule has 4 nitrogen and oxygen atoms in total. The number of halogens is 1. The van der Waals surface area contributed by atoms with Gasteiger partial charge in [0.05, 0.1) is 0 Å². The Morgan fingerprint density at radius 2 is 2.28 bits per heavy atom. The first-order valence-electron chi connectivity index (χ1n) is 5.68. The summed E-state index contributed by atoms with van der Waals surface area (Å²) in [5, 5.41) is 6.93. The molecule has 1 amide bonds. The number of anilines is 1. The van der Waals surface area contributed by atoms with Crippen LogP contribution in [0.2, 0.25) is 0 Å². The van der Waals surface area contributed by atoms with E-state index in [0.29, 0.717) is 13.0 Å². The third-order valence-corrected chi connectivity index (χ3v) is 2.91. The summed E-state index contributed by atoms with van der Waals surface area (Å²) >= 11 is 3.41. The second-order valence-corrected chi connectivity index (χ2v) is 5.00. The van der Waals surface area contributed by atoms with E-state index < -0.39 is 0 Å². The van der Waals surface area contributed by atoms with E-state index in [-0.39, 0.29) is 5.91 Å². The van der Waals surface area contributed by atoms with Crippen molar-refractivity contribution < 1.29 is 4.79 Å². The molecular weight excluding hydrogens is 294 g/mol. The zero-order valence-corrected chi connectivity index (χ0v) is 11.6. The number of aryl methyl sites for hydroxylation is 2. The van der Waals surface area contributed by atoms with Gasteiger partial charge in [-0.2, -0.15) is 5.10 Å². The SMILES string of the molecule is Cc1cc(Br)cc(NC(=O)CCn2cccn2)c1. The number of amides is 1. The van der Waals surface area contributed by atoms with E-state index in [1.165, 1.54) is 0 Å². The van der Waals surface area contributed by atoms with Crippen molar-refractivity contribution in [1.82, 2.24) is 9.78 Å². The van der Waals surface area contributed by atoms with Gasteiger partial charge in [-0.15, -0.1) is 0 Å². The predicted octanol–water partition coefficient (Wildman–Crippen LogP) is 2.98. The van der Waals surface area contributed by atoms with Crippen LogP contribution < -0.4 is 5.32 Å². The molecule has 2 rings (SSSR count). The summed E-state index contributed by atoms with van der Waals surface area (Å²) in [6, 6.07) is 7.67. The third-order valence-electron chi connectivity index (χ3n) is 2.45. The number of carbonyl (C=O) groups excluding carboxylic acids is 1. The van der Waals surface area contributed by atoms with Crippen LogP contribution in [0.3, 0.4) is 0 Å². The Morgan fingerprint density at radius 1 is 1.44 bits per heavy atom. The number of rotatable bonds is 4. The maximum atomic E-state index is 11.8. The second-order valence-electron chi connectivity index (χ2n) is 4.08. The van der Waals surface area contributed by atoms with Crippen molar-refractivity contribution in [3.63, 3.8) is 0 Å². The quantitative estimate of drug-likeness (QED) is 0.944. The van der Waals surface area contributed by atoms with Crippen LogP contribution >= 0.6 is 15.9 Å². The minimum absolute atomic E-state index is 0.0111. The minimum atomic E-state index is -0.0111. The van der Waals surface area contributed by atoms with Crippen molar-refractivity contribution in [2.24, 2.45) is 0 Å². The van der Waals surface area contributed by atoms with E-state index in [2.05, 4.69) is 26.3 Å². The zero-order chi connectivity index (χ0) is 13.0. The highest BCUT2D eigenvalue weighted by molar-refractivity contribution is 9.10. The first-order valence-corrected chi connectivity index (χ1v) is 6.47. The molecule has 1 aromatic carbocycles. The molecule has 0 atom stereocenters. The fourth-order valence-electron chi connectivity index (χ4n) is 1.68. The number of hydrogen-bond acceptors (Lipinski definition) is 2. The molecule has 0 aliphatic heterocycles. The number of aromatic nitrogens is 2. The largest absolute Gasteiger partial charge is 0.326 e. The summed E-state index contributed by atoms with van der Waals surface area (Å²) in [6.07, 6.45) is 3.96. The molecule has 1 heterocycles. The molecule has 0 aliphatic carbocycles. The maximum Gasteiger partial charge on any atom is 0.226 e. The molecule has 94 valence electrons. The summed E-state index contributed by atoms with van der Waals surface area (Å²) in [5.74, 6) is -0.0111. The van der Waals surface area contributed by atoms with Gasteiger partial charge in [-0.25, -0.2) is 0 Å². The minimum Gasteiger partial charge on any atom is -0.326 e. The number of nitrogens with zero attached hydrogens (tertiary/aromatic N) is 2. The molecule has 18 heavy (non-hydrogen) atoms. The van der Waals surface area contributed by atoms with Gasteiger partial charge in [-0.3, -0.25) is 9.48 Å². The van der Waals surface area contributed by atoms with Gasteiger partial charge in [0, 0.05) is 35.5 Å². The average molecular weight is 308 g/mol. The van der Waals surface area contributed by atoms with Crippen LogP contribution in [-0.4, -0.2) is 15.7 Å². The first-order chi connectivity index (χ1) is 8.63. The summed E-state index contributed by atoms with van der Waals surface area (Å²) < 4.78 is 2.70. The highest BCUT2D eigenvalue weighted by atomic mass is 79.9. The molecule has 1 aromatic heterocycles. The lowest BCUT2D eigenvalue weighted by Crippen LogP contribution is -2.14. The van der Waals surface area contributed by atoms with Crippen molar-refractivity contribution in [1.29, 1.82) is 0 Å². The second kappa shape index (κ2) is 5.82. The molecule has 2 aromatic rings. The van der Waals surface area contributed by atoms with E-state index in [1.807, 2.05) is 37.4 Å². The molecule has 0 aliphatic rings. The van der Waals surface area contributed by atoms with E-state index in [1.54, 1.807) is 10.9 Å². The molecule has 0 radical (unpaired) electrons. The van der Waals surface area contributed by atoms with E-state index >= 15 is 0 Å². The fraction of sp³-hybridized carbons (Fsp3) is 0.231. The third kappa shape index (κ3) is 3.70. The topological polar surface area (TPSA) is 46.9 Å². The van der Waals surface area contributed by atoms with Crippen molar-refractivity contribution in [2.75, 3.05) is 5.32 Å². The summed E-state index contributed by atoms with van der Waals surface area (Å²) in [4.78, 5) is 11.8. The van der Waals surface area contributed by atoms with Gasteiger partial charge in [-0.05, 0) is 36.8 Å².